The molecular weight excluding hydrogens is 326 g/mol. The number of rotatable bonds is 5. The molecular formula is C21H21N3O2. The molecule has 2 aromatic carbocycles. The normalized spacial score (nSPS) is 16.8. The molecule has 0 aliphatic carbocycles. The second-order valence-corrected chi connectivity index (χ2v) is 6.55. The van der Waals surface area contributed by atoms with E-state index in [0.29, 0.717) is 18.1 Å². The second-order valence-electron chi connectivity index (χ2n) is 6.55. The van der Waals surface area contributed by atoms with Gasteiger partial charge in [-0.1, -0.05) is 65.8 Å². The van der Waals surface area contributed by atoms with Crippen molar-refractivity contribution in [1.29, 1.82) is 0 Å². The third-order valence-corrected chi connectivity index (χ3v) is 4.80. The van der Waals surface area contributed by atoms with Gasteiger partial charge in [-0.3, -0.25) is 4.79 Å². The second kappa shape index (κ2) is 7.52. The van der Waals surface area contributed by atoms with Crippen molar-refractivity contribution in [2.75, 3.05) is 6.54 Å². The van der Waals surface area contributed by atoms with Crippen LogP contribution in [0.3, 0.4) is 0 Å². The molecule has 1 amide bonds. The Bertz CT molecular complexity index is 861. The van der Waals surface area contributed by atoms with E-state index in [1.54, 1.807) is 0 Å². The summed E-state index contributed by atoms with van der Waals surface area (Å²) in [7, 11) is 0. The van der Waals surface area contributed by atoms with E-state index in [1.807, 2.05) is 53.4 Å². The minimum atomic E-state index is -0.108. The molecule has 0 N–H and O–H groups in total. The molecule has 1 atom stereocenters. The van der Waals surface area contributed by atoms with Gasteiger partial charge in [-0.2, -0.15) is 4.98 Å². The topological polar surface area (TPSA) is 59.2 Å². The van der Waals surface area contributed by atoms with E-state index in [-0.39, 0.29) is 11.9 Å². The predicted octanol–water partition coefficient (Wildman–Crippen LogP) is 4.03. The van der Waals surface area contributed by atoms with E-state index in [1.165, 1.54) is 5.56 Å². The standard InChI is InChI=1S/C21H21N3O2/c25-19(14-13-16-8-3-1-4-9-16)24-15-7-12-18(24)21-22-20(23-26-21)17-10-5-2-6-11-17/h1-6,8-11,18H,7,12-15H2. The molecule has 0 spiro atoms. The molecule has 4 rings (SSSR count). The van der Waals surface area contributed by atoms with Crippen LogP contribution >= 0.6 is 0 Å². The highest BCUT2D eigenvalue weighted by molar-refractivity contribution is 5.77. The van der Waals surface area contributed by atoms with E-state index in [2.05, 4.69) is 22.3 Å². The number of carbonyl (C=O) groups is 1. The molecule has 1 aromatic heterocycles. The molecule has 3 aromatic rings. The summed E-state index contributed by atoms with van der Waals surface area (Å²) >= 11 is 0. The lowest BCUT2D eigenvalue weighted by atomic mass is 10.1. The Labute approximate surface area is 152 Å². The van der Waals surface area contributed by atoms with Gasteiger partial charge in [0.05, 0.1) is 0 Å². The zero-order chi connectivity index (χ0) is 17.8. The summed E-state index contributed by atoms with van der Waals surface area (Å²) in [5.41, 5.74) is 2.10. The zero-order valence-electron chi connectivity index (χ0n) is 14.5. The summed E-state index contributed by atoms with van der Waals surface area (Å²) in [6.07, 6.45) is 3.08. The van der Waals surface area contributed by atoms with Crippen molar-refractivity contribution >= 4 is 5.91 Å². The van der Waals surface area contributed by atoms with Crippen LogP contribution in [0.25, 0.3) is 11.4 Å². The number of benzene rings is 2. The first-order valence-corrected chi connectivity index (χ1v) is 9.04. The Hall–Kier alpha value is -2.95. The molecule has 1 unspecified atom stereocenters. The van der Waals surface area contributed by atoms with Crippen LogP contribution in [0.5, 0.6) is 0 Å². The van der Waals surface area contributed by atoms with Gasteiger partial charge in [0.15, 0.2) is 0 Å². The molecule has 26 heavy (non-hydrogen) atoms. The number of aryl methyl sites for hydroxylation is 1. The van der Waals surface area contributed by atoms with Crippen LogP contribution in [-0.4, -0.2) is 27.5 Å². The number of nitrogens with zero attached hydrogens (tertiary/aromatic N) is 3. The SMILES string of the molecule is O=C(CCc1ccccc1)N1CCCC1c1nc(-c2ccccc2)no1. The molecule has 2 heterocycles. The summed E-state index contributed by atoms with van der Waals surface area (Å²) in [6.45, 7) is 0.751. The third-order valence-electron chi connectivity index (χ3n) is 4.80. The highest BCUT2D eigenvalue weighted by Gasteiger charge is 2.33. The first-order valence-electron chi connectivity index (χ1n) is 9.04. The van der Waals surface area contributed by atoms with Gasteiger partial charge in [-0.25, -0.2) is 0 Å². The fourth-order valence-electron chi connectivity index (χ4n) is 3.44. The van der Waals surface area contributed by atoms with Gasteiger partial charge < -0.3 is 9.42 Å². The van der Waals surface area contributed by atoms with E-state index < -0.39 is 0 Å². The van der Waals surface area contributed by atoms with Crippen molar-refractivity contribution in [2.45, 2.75) is 31.7 Å². The molecule has 1 aliphatic heterocycles. The largest absolute Gasteiger partial charge is 0.337 e. The maximum absolute atomic E-state index is 12.7. The number of likely N-dealkylation sites (tertiary alicyclic amines) is 1. The highest BCUT2D eigenvalue weighted by Crippen LogP contribution is 2.32. The van der Waals surface area contributed by atoms with Gasteiger partial charge >= 0.3 is 0 Å². The highest BCUT2D eigenvalue weighted by atomic mass is 16.5. The fourth-order valence-corrected chi connectivity index (χ4v) is 3.44. The van der Waals surface area contributed by atoms with Gasteiger partial charge in [0.2, 0.25) is 17.6 Å². The predicted molar refractivity (Wildman–Crippen MR) is 98.2 cm³/mol. The van der Waals surface area contributed by atoms with Gasteiger partial charge in [0, 0.05) is 18.5 Å². The molecule has 1 saturated heterocycles. The maximum Gasteiger partial charge on any atom is 0.249 e. The van der Waals surface area contributed by atoms with Crippen LogP contribution in [-0.2, 0) is 11.2 Å². The summed E-state index contributed by atoms with van der Waals surface area (Å²) in [5.74, 6) is 1.26. The number of hydrogen-bond acceptors (Lipinski definition) is 4. The van der Waals surface area contributed by atoms with Crippen LogP contribution in [0.1, 0.15) is 36.8 Å². The van der Waals surface area contributed by atoms with Crippen LogP contribution in [0.15, 0.2) is 65.2 Å². The Morgan fingerprint density at radius 1 is 1.08 bits per heavy atom. The Kier molecular flexibility index (Phi) is 4.78. The molecule has 132 valence electrons. The molecule has 5 heteroatoms. The van der Waals surface area contributed by atoms with Crippen LogP contribution in [0.2, 0.25) is 0 Å². The van der Waals surface area contributed by atoms with Crippen molar-refractivity contribution in [2.24, 2.45) is 0 Å². The monoisotopic (exact) mass is 347 g/mol. The van der Waals surface area contributed by atoms with Crippen LogP contribution in [0, 0.1) is 0 Å². The third kappa shape index (κ3) is 3.52. The first-order chi connectivity index (χ1) is 12.8. The summed E-state index contributed by atoms with van der Waals surface area (Å²) in [4.78, 5) is 19.2. The fraction of sp³-hybridized carbons (Fsp3) is 0.286. The van der Waals surface area contributed by atoms with E-state index in [4.69, 9.17) is 4.52 Å². The summed E-state index contributed by atoms with van der Waals surface area (Å²) in [6, 6.07) is 19.7. The average Bonchev–Trinajstić information content (AvgIpc) is 3.37. The van der Waals surface area contributed by atoms with E-state index in [9.17, 15) is 4.79 Å². The number of amides is 1. The Morgan fingerprint density at radius 3 is 2.58 bits per heavy atom. The molecule has 0 bridgehead atoms. The molecule has 5 nitrogen and oxygen atoms in total. The summed E-state index contributed by atoms with van der Waals surface area (Å²) < 4.78 is 5.49. The van der Waals surface area contributed by atoms with Gasteiger partial charge in [-0.15, -0.1) is 0 Å². The number of hydrogen-bond donors (Lipinski definition) is 0. The molecule has 1 fully saturated rings. The van der Waals surface area contributed by atoms with E-state index in [0.717, 1.165) is 31.4 Å². The lowest BCUT2D eigenvalue weighted by Gasteiger charge is -2.21. The molecule has 1 aliphatic rings. The molecule has 0 saturated carbocycles. The molecule has 0 radical (unpaired) electrons. The van der Waals surface area contributed by atoms with Crippen molar-refractivity contribution in [3.63, 3.8) is 0 Å². The summed E-state index contributed by atoms with van der Waals surface area (Å²) in [5, 5.41) is 4.09. The average molecular weight is 347 g/mol. The van der Waals surface area contributed by atoms with E-state index >= 15 is 0 Å². The Morgan fingerprint density at radius 2 is 1.81 bits per heavy atom. The smallest absolute Gasteiger partial charge is 0.249 e. The minimum Gasteiger partial charge on any atom is -0.337 e. The number of carbonyl (C=O) groups excluding carboxylic acids is 1. The lowest BCUT2D eigenvalue weighted by molar-refractivity contribution is -0.132. The van der Waals surface area contributed by atoms with Crippen molar-refractivity contribution in [3.05, 3.63) is 72.1 Å². The van der Waals surface area contributed by atoms with Crippen molar-refractivity contribution < 1.29 is 9.32 Å². The van der Waals surface area contributed by atoms with Gasteiger partial charge in [0.25, 0.3) is 0 Å². The maximum atomic E-state index is 12.7. The lowest BCUT2D eigenvalue weighted by Crippen LogP contribution is -2.30. The zero-order valence-corrected chi connectivity index (χ0v) is 14.5. The Balaban J connectivity index is 1.45. The first kappa shape index (κ1) is 16.5. The quantitative estimate of drug-likeness (QED) is 0.699. The number of aromatic nitrogens is 2. The minimum absolute atomic E-state index is 0.108. The van der Waals surface area contributed by atoms with Gasteiger partial charge in [-0.05, 0) is 24.8 Å². The van der Waals surface area contributed by atoms with Crippen LogP contribution < -0.4 is 0 Å². The van der Waals surface area contributed by atoms with Crippen molar-refractivity contribution in [1.82, 2.24) is 15.0 Å². The van der Waals surface area contributed by atoms with Crippen molar-refractivity contribution in [3.8, 4) is 11.4 Å². The van der Waals surface area contributed by atoms with Crippen LogP contribution in [0.4, 0.5) is 0 Å². The van der Waals surface area contributed by atoms with Gasteiger partial charge in [0.1, 0.15) is 6.04 Å².